The summed E-state index contributed by atoms with van der Waals surface area (Å²) in [4.78, 5) is 25.6. The molecule has 0 saturated heterocycles. The van der Waals surface area contributed by atoms with Gasteiger partial charge in [0, 0.05) is 23.8 Å². The summed E-state index contributed by atoms with van der Waals surface area (Å²) in [6.45, 7) is 1.06. The number of ether oxygens (including phenoxy) is 3. The Bertz CT molecular complexity index is 999. The zero-order valence-corrected chi connectivity index (χ0v) is 20.5. The van der Waals surface area contributed by atoms with Crippen LogP contribution < -0.4 is 4.74 Å². The summed E-state index contributed by atoms with van der Waals surface area (Å²) in [6, 6.07) is 14.7. The number of hydrogen-bond donors (Lipinski definition) is 0. The number of methoxy groups -OCH3 is 1. The van der Waals surface area contributed by atoms with Crippen LogP contribution in [0.3, 0.4) is 0 Å². The standard InChI is InChI=1S/C28H32O5S/c1-31-9-10-32-18-33-25-14-23(27(30)34-26(29)22-5-3-2-4-6-22)7-8-24(25)28-15-19-11-20(16-28)13-21(12-19)17-28/h2-8,14,19-21H,9-13,15-18H2,1H3. The normalized spacial score (nSPS) is 27.0. The van der Waals surface area contributed by atoms with Crippen molar-refractivity contribution in [2.24, 2.45) is 17.8 Å². The number of carbonyl (C=O) groups excluding carboxylic acids is 2. The third kappa shape index (κ3) is 4.95. The highest BCUT2D eigenvalue weighted by Gasteiger charge is 2.52. The lowest BCUT2D eigenvalue weighted by molar-refractivity contribution is -0.0189. The molecule has 0 heterocycles. The van der Waals surface area contributed by atoms with Crippen LogP contribution in [0.2, 0.25) is 0 Å². The Balaban J connectivity index is 1.38. The van der Waals surface area contributed by atoms with Crippen LogP contribution in [-0.4, -0.2) is 37.3 Å². The zero-order chi connectivity index (χ0) is 23.5. The molecular formula is C28H32O5S. The van der Waals surface area contributed by atoms with Gasteiger partial charge >= 0.3 is 0 Å². The Hall–Kier alpha value is -2.15. The molecule has 0 aliphatic heterocycles. The molecule has 180 valence electrons. The van der Waals surface area contributed by atoms with Crippen molar-refractivity contribution in [2.45, 2.75) is 43.9 Å². The van der Waals surface area contributed by atoms with Gasteiger partial charge in [-0.1, -0.05) is 36.4 Å². The lowest BCUT2D eigenvalue weighted by atomic mass is 9.48. The molecule has 34 heavy (non-hydrogen) atoms. The number of hydrogen-bond acceptors (Lipinski definition) is 6. The molecule has 0 radical (unpaired) electrons. The lowest BCUT2D eigenvalue weighted by Gasteiger charge is -2.57. The maximum absolute atomic E-state index is 13.0. The van der Waals surface area contributed by atoms with Crippen molar-refractivity contribution in [1.82, 2.24) is 0 Å². The highest BCUT2D eigenvalue weighted by atomic mass is 32.2. The van der Waals surface area contributed by atoms with Gasteiger partial charge in [0.25, 0.3) is 0 Å². The van der Waals surface area contributed by atoms with Crippen LogP contribution in [0.4, 0.5) is 0 Å². The quantitative estimate of drug-likeness (QED) is 0.331. The van der Waals surface area contributed by atoms with Crippen LogP contribution in [0.15, 0.2) is 48.5 Å². The van der Waals surface area contributed by atoms with Crippen LogP contribution in [0.1, 0.15) is 64.8 Å². The molecule has 6 rings (SSSR count). The topological polar surface area (TPSA) is 61.8 Å². The lowest BCUT2D eigenvalue weighted by Crippen LogP contribution is -2.48. The van der Waals surface area contributed by atoms with E-state index in [9.17, 15) is 9.59 Å². The fourth-order valence-electron chi connectivity index (χ4n) is 6.73. The van der Waals surface area contributed by atoms with E-state index in [0.717, 1.165) is 35.3 Å². The first-order valence-corrected chi connectivity index (χ1v) is 13.0. The van der Waals surface area contributed by atoms with E-state index in [4.69, 9.17) is 14.2 Å². The average molecular weight is 481 g/mol. The summed E-state index contributed by atoms with van der Waals surface area (Å²) in [5, 5.41) is -0.516. The van der Waals surface area contributed by atoms with Gasteiger partial charge < -0.3 is 14.2 Å². The van der Waals surface area contributed by atoms with Gasteiger partial charge in [-0.3, -0.25) is 9.59 Å². The van der Waals surface area contributed by atoms with E-state index in [1.807, 2.05) is 18.2 Å². The first kappa shape index (κ1) is 23.6. The van der Waals surface area contributed by atoms with Crippen LogP contribution in [-0.2, 0) is 14.9 Å². The predicted octanol–water partition coefficient (Wildman–Crippen LogP) is 5.87. The first-order chi connectivity index (χ1) is 16.6. The summed E-state index contributed by atoms with van der Waals surface area (Å²) in [5.74, 6) is 3.13. The van der Waals surface area contributed by atoms with E-state index in [-0.39, 0.29) is 22.4 Å². The average Bonchev–Trinajstić information content (AvgIpc) is 2.83. The number of thioether (sulfide) groups is 1. The molecule has 4 aliphatic carbocycles. The molecule has 0 unspecified atom stereocenters. The largest absolute Gasteiger partial charge is 0.467 e. The molecule has 5 nitrogen and oxygen atoms in total. The Morgan fingerprint density at radius 1 is 0.882 bits per heavy atom. The van der Waals surface area contributed by atoms with Gasteiger partial charge in [-0.15, -0.1) is 0 Å². The molecule has 4 fully saturated rings. The van der Waals surface area contributed by atoms with Crippen molar-refractivity contribution in [3.63, 3.8) is 0 Å². The minimum atomic E-state index is -0.268. The third-order valence-electron chi connectivity index (χ3n) is 7.75. The number of benzene rings is 2. The van der Waals surface area contributed by atoms with Crippen LogP contribution >= 0.6 is 11.8 Å². The Labute approximate surface area is 205 Å². The molecule has 0 amide bonds. The molecule has 4 saturated carbocycles. The summed E-state index contributed by atoms with van der Waals surface area (Å²) in [5.41, 5.74) is 2.34. The molecule has 4 aliphatic rings. The third-order valence-corrected chi connectivity index (χ3v) is 8.59. The Morgan fingerprint density at radius 3 is 2.18 bits per heavy atom. The summed E-state index contributed by atoms with van der Waals surface area (Å²) in [7, 11) is 1.64. The fraction of sp³-hybridized carbons (Fsp3) is 0.500. The molecule has 2 aromatic rings. The summed E-state index contributed by atoms with van der Waals surface area (Å²) in [6.07, 6.45) is 7.70. The van der Waals surface area contributed by atoms with Gasteiger partial charge in [0.05, 0.1) is 13.2 Å². The van der Waals surface area contributed by atoms with E-state index in [2.05, 4.69) is 6.07 Å². The molecule has 0 N–H and O–H groups in total. The predicted molar refractivity (Wildman–Crippen MR) is 132 cm³/mol. The smallest absolute Gasteiger partial charge is 0.227 e. The van der Waals surface area contributed by atoms with Crippen LogP contribution in [0.5, 0.6) is 5.75 Å². The maximum atomic E-state index is 13.0. The summed E-state index contributed by atoms with van der Waals surface area (Å²) >= 11 is 0.734. The van der Waals surface area contributed by atoms with Crippen molar-refractivity contribution in [3.05, 3.63) is 65.2 Å². The van der Waals surface area contributed by atoms with E-state index >= 15 is 0 Å². The van der Waals surface area contributed by atoms with E-state index < -0.39 is 0 Å². The Morgan fingerprint density at radius 2 is 1.53 bits per heavy atom. The van der Waals surface area contributed by atoms with Crippen molar-refractivity contribution < 1.29 is 23.8 Å². The highest BCUT2D eigenvalue weighted by Crippen LogP contribution is 2.61. The maximum Gasteiger partial charge on any atom is 0.227 e. The summed E-state index contributed by atoms with van der Waals surface area (Å²) < 4.78 is 16.8. The number of carbonyl (C=O) groups is 2. The van der Waals surface area contributed by atoms with E-state index in [0.29, 0.717) is 24.3 Å². The fourth-order valence-corrected chi connectivity index (χ4v) is 7.40. The second kappa shape index (κ2) is 10.2. The molecule has 0 atom stereocenters. The van der Waals surface area contributed by atoms with Gasteiger partial charge in [-0.25, -0.2) is 0 Å². The number of rotatable bonds is 9. The van der Waals surface area contributed by atoms with Gasteiger partial charge in [0.1, 0.15) is 5.75 Å². The highest BCUT2D eigenvalue weighted by molar-refractivity contribution is 8.26. The van der Waals surface area contributed by atoms with Gasteiger partial charge in [0.2, 0.25) is 10.2 Å². The SMILES string of the molecule is COCCOCOc1cc(C(=O)SC(=O)c2ccccc2)ccc1C12CC3CC(CC(C3)C1)C2. The second-order valence-corrected chi connectivity index (χ2v) is 11.1. The molecular weight excluding hydrogens is 448 g/mol. The van der Waals surface area contributed by atoms with Crippen molar-refractivity contribution >= 4 is 22.0 Å². The van der Waals surface area contributed by atoms with Crippen molar-refractivity contribution in [3.8, 4) is 5.75 Å². The van der Waals surface area contributed by atoms with Crippen LogP contribution in [0, 0.1) is 17.8 Å². The molecule has 0 spiro atoms. The van der Waals surface area contributed by atoms with Gasteiger partial charge in [-0.05, 0) is 85.6 Å². The molecule has 4 bridgehead atoms. The van der Waals surface area contributed by atoms with Crippen molar-refractivity contribution in [2.75, 3.05) is 27.1 Å². The van der Waals surface area contributed by atoms with E-state index in [1.54, 1.807) is 31.4 Å². The second-order valence-electron chi connectivity index (χ2n) is 10.1. The minimum absolute atomic E-state index is 0.108. The molecule has 6 heteroatoms. The van der Waals surface area contributed by atoms with Gasteiger partial charge in [0.15, 0.2) is 6.79 Å². The monoisotopic (exact) mass is 480 g/mol. The Kier molecular flexibility index (Phi) is 7.09. The molecule has 2 aromatic carbocycles. The van der Waals surface area contributed by atoms with Gasteiger partial charge in [-0.2, -0.15) is 0 Å². The van der Waals surface area contributed by atoms with Crippen LogP contribution in [0.25, 0.3) is 0 Å². The zero-order valence-electron chi connectivity index (χ0n) is 19.7. The van der Waals surface area contributed by atoms with E-state index in [1.165, 1.54) is 44.1 Å². The minimum Gasteiger partial charge on any atom is -0.467 e. The molecule has 0 aromatic heterocycles. The first-order valence-electron chi connectivity index (χ1n) is 12.2. The van der Waals surface area contributed by atoms with Crippen molar-refractivity contribution in [1.29, 1.82) is 0 Å².